The average Bonchev–Trinajstić information content (AvgIpc) is 2.75. The van der Waals surface area contributed by atoms with Gasteiger partial charge in [0.1, 0.15) is 11.5 Å². The van der Waals surface area contributed by atoms with Gasteiger partial charge in [-0.25, -0.2) is 0 Å². The highest BCUT2D eigenvalue weighted by Gasteiger charge is 2.23. The molecule has 1 atom stereocenters. The number of nitrogens with zero attached hydrogens (tertiary/aromatic N) is 2. The zero-order valence-electron chi connectivity index (χ0n) is 10.8. The summed E-state index contributed by atoms with van der Waals surface area (Å²) in [6, 6.07) is 1.83. The highest BCUT2D eigenvalue weighted by atomic mass is 35.5. The van der Waals surface area contributed by atoms with E-state index in [2.05, 4.69) is 10.5 Å². The zero-order valence-corrected chi connectivity index (χ0v) is 11.6. The maximum atomic E-state index is 12.1. The first-order valence-electron chi connectivity index (χ1n) is 6.07. The van der Waals surface area contributed by atoms with Crippen molar-refractivity contribution in [2.45, 2.75) is 38.8 Å². The second-order valence-electron chi connectivity index (χ2n) is 4.63. The Morgan fingerprint density at radius 3 is 2.94 bits per heavy atom. The molecule has 0 aromatic carbocycles. The monoisotopic (exact) mass is 273 g/mol. The van der Waals surface area contributed by atoms with Gasteiger partial charge in [-0.05, 0) is 26.3 Å². The smallest absolute Gasteiger partial charge is 0.239 e. The summed E-state index contributed by atoms with van der Waals surface area (Å²) < 4.78 is 4.99. The lowest BCUT2D eigenvalue weighted by molar-refractivity contribution is -0.133. The minimum absolute atomic E-state index is 0. The molecular weight excluding hydrogens is 254 g/mol. The second kappa shape index (κ2) is 6.75. The number of carbonyl (C=O) groups excluding carboxylic acids is 1. The molecule has 0 radical (unpaired) electrons. The molecule has 1 aliphatic rings. The van der Waals surface area contributed by atoms with E-state index in [1.807, 2.05) is 20.0 Å². The van der Waals surface area contributed by atoms with Crippen molar-refractivity contribution in [2.24, 2.45) is 0 Å². The van der Waals surface area contributed by atoms with Gasteiger partial charge in [0.05, 0.1) is 12.6 Å². The average molecular weight is 274 g/mol. The van der Waals surface area contributed by atoms with E-state index in [9.17, 15) is 4.79 Å². The standard InChI is InChI=1S/C12H19N3O2.ClH/c1-9-7-10(14-17-9)8-15(2)12(16)11-5-3-4-6-13-11;/h7,11,13H,3-6,8H2,1-2H3;1H/t11-;/m1./s1. The van der Waals surface area contributed by atoms with E-state index in [1.165, 1.54) is 0 Å². The fourth-order valence-corrected chi connectivity index (χ4v) is 2.14. The van der Waals surface area contributed by atoms with Crippen LogP contribution in [0, 0.1) is 6.92 Å². The zero-order chi connectivity index (χ0) is 12.3. The molecule has 102 valence electrons. The first kappa shape index (κ1) is 15.0. The number of rotatable bonds is 3. The number of amides is 1. The van der Waals surface area contributed by atoms with E-state index in [-0.39, 0.29) is 24.4 Å². The highest BCUT2D eigenvalue weighted by molar-refractivity contribution is 5.85. The summed E-state index contributed by atoms with van der Waals surface area (Å²) in [6.45, 7) is 3.29. The molecule has 1 aliphatic heterocycles. The maximum Gasteiger partial charge on any atom is 0.239 e. The Balaban J connectivity index is 0.00000162. The van der Waals surface area contributed by atoms with Crippen LogP contribution >= 0.6 is 12.4 Å². The summed E-state index contributed by atoms with van der Waals surface area (Å²) in [4.78, 5) is 13.8. The molecule has 0 bridgehead atoms. The highest BCUT2D eigenvalue weighted by Crippen LogP contribution is 2.11. The van der Waals surface area contributed by atoms with Crippen LogP contribution in [-0.2, 0) is 11.3 Å². The van der Waals surface area contributed by atoms with Crippen molar-refractivity contribution in [1.29, 1.82) is 0 Å². The molecule has 18 heavy (non-hydrogen) atoms. The van der Waals surface area contributed by atoms with Crippen LogP contribution in [0.25, 0.3) is 0 Å². The van der Waals surface area contributed by atoms with Crippen LogP contribution < -0.4 is 5.32 Å². The Morgan fingerprint density at radius 2 is 2.39 bits per heavy atom. The Labute approximate surface area is 113 Å². The predicted molar refractivity (Wildman–Crippen MR) is 70.6 cm³/mol. The van der Waals surface area contributed by atoms with E-state index >= 15 is 0 Å². The van der Waals surface area contributed by atoms with Crippen LogP contribution in [0.15, 0.2) is 10.6 Å². The Morgan fingerprint density at radius 1 is 1.61 bits per heavy atom. The molecule has 1 amide bonds. The molecule has 0 aliphatic carbocycles. The van der Waals surface area contributed by atoms with E-state index in [1.54, 1.807) is 4.90 Å². The SMILES string of the molecule is Cc1cc(CN(C)C(=O)[C@H]2CCCCN2)no1.Cl. The molecule has 1 saturated heterocycles. The molecule has 5 nitrogen and oxygen atoms in total. The third kappa shape index (κ3) is 3.71. The van der Waals surface area contributed by atoms with Crippen molar-refractivity contribution in [1.82, 2.24) is 15.4 Å². The van der Waals surface area contributed by atoms with Crippen molar-refractivity contribution in [3.8, 4) is 0 Å². The quantitative estimate of drug-likeness (QED) is 0.907. The molecule has 2 heterocycles. The number of carbonyl (C=O) groups is 1. The minimum Gasteiger partial charge on any atom is -0.361 e. The predicted octanol–water partition coefficient (Wildman–Crippen LogP) is 1.51. The number of piperidine rings is 1. The van der Waals surface area contributed by atoms with Crippen molar-refractivity contribution in [2.75, 3.05) is 13.6 Å². The van der Waals surface area contributed by atoms with Gasteiger partial charge >= 0.3 is 0 Å². The molecule has 1 fully saturated rings. The molecular formula is C12H20ClN3O2. The van der Waals surface area contributed by atoms with Gasteiger partial charge in [0, 0.05) is 13.1 Å². The molecule has 0 saturated carbocycles. The first-order valence-corrected chi connectivity index (χ1v) is 6.07. The number of halogens is 1. The van der Waals surface area contributed by atoms with Crippen LogP contribution in [-0.4, -0.2) is 35.6 Å². The number of hydrogen-bond acceptors (Lipinski definition) is 4. The summed E-state index contributed by atoms with van der Waals surface area (Å²) in [5.41, 5.74) is 0.800. The lowest BCUT2D eigenvalue weighted by atomic mass is 10.0. The molecule has 1 aromatic heterocycles. The number of aromatic nitrogens is 1. The van der Waals surface area contributed by atoms with Crippen molar-refractivity contribution in [3.63, 3.8) is 0 Å². The van der Waals surface area contributed by atoms with Gasteiger partial charge in [-0.1, -0.05) is 11.6 Å². The van der Waals surface area contributed by atoms with Crippen LogP contribution in [0.1, 0.15) is 30.7 Å². The number of aryl methyl sites for hydroxylation is 1. The summed E-state index contributed by atoms with van der Waals surface area (Å²) in [6.07, 6.45) is 3.22. The lowest BCUT2D eigenvalue weighted by Gasteiger charge is -2.26. The van der Waals surface area contributed by atoms with Gasteiger partial charge in [-0.3, -0.25) is 4.79 Å². The second-order valence-corrected chi connectivity index (χ2v) is 4.63. The molecule has 0 spiro atoms. The number of likely N-dealkylation sites (N-methyl/N-ethyl adjacent to an activating group) is 1. The summed E-state index contributed by atoms with van der Waals surface area (Å²) >= 11 is 0. The first-order chi connectivity index (χ1) is 8.16. The Kier molecular flexibility index (Phi) is 5.62. The van der Waals surface area contributed by atoms with E-state index in [4.69, 9.17) is 4.52 Å². The van der Waals surface area contributed by atoms with E-state index in [0.29, 0.717) is 6.54 Å². The third-order valence-electron chi connectivity index (χ3n) is 3.06. The van der Waals surface area contributed by atoms with Crippen LogP contribution in [0.3, 0.4) is 0 Å². The van der Waals surface area contributed by atoms with E-state index < -0.39 is 0 Å². The largest absolute Gasteiger partial charge is 0.361 e. The summed E-state index contributed by atoms with van der Waals surface area (Å²) in [5.74, 6) is 0.919. The van der Waals surface area contributed by atoms with Gasteiger partial charge in [0.25, 0.3) is 0 Å². The van der Waals surface area contributed by atoms with E-state index in [0.717, 1.165) is 37.3 Å². The molecule has 1 aromatic rings. The summed E-state index contributed by atoms with van der Waals surface area (Å²) in [5, 5.41) is 7.15. The fourth-order valence-electron chi connectivity index (χ4n) is 2.14. The molecule has 1 N–H and O–H groups in total. The van der Waals surface area contributed by atoms with Crippen LogP contribution in [0.5, 0.6) is 0 Å². The minimum atomic E-state index is -0.0262. The maximum absolute atomic E-state index is 12.1. The van der Waals surface area contributed by atoms with Gasteiger partial charge in [-0.2, -0.15) is 0 Å². The Bertz CT molecular complexity index is 388. The van der Waals surface area contributed by atoms with Crippen molar-refractivity contribution < 1.29 is 9.32 Å². The Hall–Kier alpha value is -1.07. The topological polar surface area (TPSA) is 58.4 Å². The van der Waals surface area contributed by atoms with Crippen molar-refractivity contribution >= 4 is 18.3 Å². The molecule has 6 heteroatoms. The van der Waals surface area contributed by atoms with Gasteiger partial charge < -0.3 is 14.7 Å². The fraction of sp³-hybridized carbons (Fsp3) is 0.667. The summed E-state index contributed by atoms with van der Waals surface area (Å²) in [7, 11) is 1.81. The van der Waals surface area contributed by atoms with Crippen LogP contribution in [0.2, 0.25) is 0 Å². The lowest BCUT2D eigenvalue weighted by Crippen LogP contribution is -2.47. The number of nitrogens with one attached hydrogen (secondary N) is 1. The van der Waals surface area contributed by atoms with Crippen LogP contribution in [0.4, 0.5) is 0 Å². The molecule has 0 unspecified atom stereocenters. The van der Waals surface area contributed by atoms with Crippen molar-refractivity contribution in [3.05, 3.63) is 17.5 Å². The van der Waals surface area contributed by atoms with Gasteiger partial charge in [-0.15, -0.1) is 12.4 Å². The number of hydrogen-bond donors (Lipinski definition) is 1. The molecule has 2 rings (SSSR count). The van der Waals surface area contributed by atoms with Gasteiger partial charge in [0.2, 0.25) is 5.91 Å². The third-order valence-corrected chi connectivity index (χ3v) is 3.06. The normalized spacial score (nSPS) is 19.1. The van der Waals surface area contributed by atoms with Gasteiger partial charge in [0.15, 0.2) is 0 Å².